The van der Waals surface area contributed by atoms with Gasteiger partial charge in [-0.05, 0) is 47.7 Å². The molecule has 8 atom stereocenters. The van der Waals surface area contributed by atoms with Gasteiger partial charge in [-0.2, -0.15) is 0 Å². The summed E-state index contributed by atoms with van der Waals surface area (Å²) < 4.78 is 5.11. The molecule has 0 aromatic carbocycles. The number of Topliss-reactive ketones (excluding diaryl/α,β-unsaturated/α-hetero) is 1. The molecule has 154 valence electrons. The Balaban J connectivity index is 1.92. The predicted octanol–water partition coefficient (Wildman–Crippen LogP) is 1.39. The van der Waals surface area contributed by atoms with Crippen molar-refractivity contribution in [3.63, 3.8) is 0 Å². The fraction of sp³-hybridized carbons (Fsp3) is 0.727. The van der Waals surface area contributed by atoms with E-state index in [1.165, 1.54) is 6.92 Å². The summed E-state index contributed by atoms with van der Waals surface area (Å²) in [6.45, 7) is 8.97. The van der Waals surface area contributed by atoms with Crippen molar-refractivity contribution in [1.82, 2.24) is 0 Å². The lowest BCUT2D eigenvalue weighted by Crippen LogP contribution is -2.65. The van der Waals surface area contributed by atoms with Gasteiger partial charge in [0, 0.05) is 12.8 Å². The van der Waals surface area contributed by atoms with E-state index in [2.05, 4.69) is 13.8 Å². The van der Waals surface area contributed by atoms with E-state index in [4.69, 9.17) is 4.74 Å². The predicted molar refractivity (Wildman–Crippen MR) is 101 cm³/mol. The number of aliphatic hydroxyl groups excluding tert-OH is 2. The molecule has 0 amide bonds. The summed E-state index contributed by atoms with van der Waals surface area (Å²) in [6, 6.07) is 0. The highest BCUT2D eigenvalue weighted by molar-refractivity contribution is 5.95. The Morgan fingerprint density at radius 3 is 2.54 bits per heavy atom. The minimum atomic E-state index is -2.07. The van der Waals surface area contributed by atoms with Crippen LogP contribution in [0.2, 0.25) is 0 Å². The van der Waals surface area contributed by atoms with Crippen molar-refractivity contribution in [2.75, 3.05) is 6.61 Å². The molecule has 1 spiro atoms. The number of carbonyl (C=O) groups is 2. The van der Waals surface area contributed by atoms with Gasteiger partial charge in [0.15, 0.2) is 5.78 Å². The number of hydrogen-bond acceptors (Lipinski definition) is 6. The molecule has 2 saturated carbocycles. The maximum atomic E-state index is 13.9. The van der Waals surface area contributed by atoms with E-state index >= 15 is 0 Å². The van der Waals surface area contributed by atoms with Crippen LogP contribution in [0.3, 0.4) is 0 Å². The number of carbonyl (C=O) groups excluding carboxylic acids is 2. The Morgan fingerprint density at radius 2 is 1.93 bits per heavy atom. The molecule has 6 heteroatoms. The van der Waals surface area contributed by atoms with Gasteiger partial charge in [0.05, 0.1) is 5.41 Å². The summed E-state index contributed by atoms with van der Waals surface area (Å²) in [5.74, 6) is -0.956. The summed E-state index contributed by atoms with van der Waals surface area (Å²) in [5, 5.41) is 33.9. The molecule has 2 bridgehead atoms. The monoisotopic (exact) mass is 390 g/mol. The number of ketones is 1. The second-order valence-electron chi connectivity index (χ2n) is 9.89. The lowest BCUT2D eigenvalue weighted by atomic mass is 9.59. The van der Waals surface area contributed by atoms with Gasteiger partial charge in [0.1, 0.15) is 24.4 Å². The van der Waals surface area contributed by atoms with Crippen molar-refractivity contribution in [2.45, 2.75) is 58.8 Å². The Kier molecular flexibility index (Phi) is 4.08. The zero-order valence-electron chi connectivity index (χ0n) is 17.1. The van der Waals surface area contributed by atoms with Crippen LogP contribution in [0.15, 0.2) is 23.3 Å². The van der Waals surface area contributed by atoms with Crippen LogP contribution in [-0.2, 0) is 14.3 Å². The number of fused-ring (bicyclic) bond motifs is 3. The third-order valence-electron chi connectivity index (χ3n) is 8.19. The van der Waals surface area contributed by atoms with E-state index in [0.29, 0.717) is 11.5 Å². The van der Waals surface area contributed by atoms with Crippen molar-refractivity contribution in [1.29, 1.82) is 0 Å². The van der Waals surface area contributed by atoms with Crippen LogP contribution >= 0.6 is 0 Å². The largest absolute Gasteiger partial charge is 0.461 e. The maximum Gasteiger partial charge on any atom is 0.302 e. The van der Waals surface area contributed by atoms with Crippen molar-refractivity contribution in [2.24, 2.45) is 34.5 Å². The molecular formula is C22H30O6. The van der Waals surface area contributed by atoms with Crippen molar-refractivity contribution in [3.8, 4) is 0 Å². The molecule has 4 rings (SSSR count). The van der Waals surface area contributed by atoms with E-state index in [0.717, 1.165) is 6.42 Å². The lowest BCUT2D eigenvalue weighted by molar-refractivity contribution is -0.190. The molecule has 2 fully saturated rings. The fourth-order valence-electron chi connectivity index (χ4n) is 6.60. The molecular weight excluding hydrogens is 360 g/mol. The van der Waals surface area contributed by atoms with Gasteiger partial charge in [-0.1, -0.05) is 32.9 Å². The third-order valence-corrected chi connectivity index (χ3v) is 8.19. The molecule has 4 aliphatic carbocycles. The summed E-state index contributed by atoms with van der Waals surface area (Å²) in [7, 11) is 0. The smallest absolute Gasteiger partial charge is 0.302 e. The van der Waals surface area contributed by atoms with E-state index < -0.39 is 35.1 Å². The number of aliphatic hydroxyl groups is 3. The van der Waals surface area contributed by atoms with E-state index in [-0.39, 0.29) is 35.2 Å². The van der Waals surface area contributed by atoms with Crippen LogP contribution in [0.5, 0.6) is 0 Å². The molecule has 6 nitrogen and oxygen atoms in total. The molecule has 0 aromatic heterocycles. The van der Waals surface area contributed by atoms with E-state index in [9.17, 15) is 24.9 Å². The number of rotatable bonds is 2. The second kappa shape index (κ2) is 5.77. The van der Waals surface area contributed by atoms with Crippen LogP contribution in [-0.4, -0.2) is 51.5 Å². The molecule has 0 aliphatic heterocycles. The zero-order chi connectivity index (χ0) is 20.8. The van der Waals surface area contributed by atoms with Gasteiger partial charge in [0.2, 0.25) is 0 Å². The lowest BCUT2D eigenvalue weighted by Gasteiger charge is -2.48. The number of hydrogen-bond donors (Lipinski definition) is 3. The first-order chi connectivity index (χ1) is 12.9. The molecule has 4 aliphatic rings. The highest BCUT2D eigenvalue weighted by atomic mass is 16.5. The summed E-state index contributed by atoms with van der Waals surface area (Å²) in [4.78, 5) is 25.3. The molecule has 0 heterocycles. The Morgan fingerprint density at radius 1 is 1.29 bits per heavy atom. The minimum Gasteiger partial charge on any atom is -0.461 e. The van der Waals surface area contributed by atoms with Crippen molar-refractivity contribution < 1.29 is 29.6 Å². The highest BCUT2D eigenvalue weighted by Crippen LogP contribution is 2.71. The molecule has 3 N–H and O–H groups in total. The number of ether oxygens (including phenoxy) is 1. The SMILES string of the molecule is CC(=O)OCC1=C[C@@H]2C(=O)[C@]3(C=C(C)[C@H](O)[C@@]3(O)[C@@H]1O)[C@H](C)C[C@@H]1[C@H]2C1(C)C. The van der Waals surface area contributed by atoms with Crippen molar-refractivity contribution in [3.05, 3.63) is 23.3 Å². The normalized spacial score (nSPS) is 48.5. The molecule has 0 radical (unpaired) electrons. The van der Waals surface area contributed by atoms with Crippen LogP contribution in [0.4, 0.5) is 0 Å². The first-order valence-electron chi connectivity index (χ1n) is 10.1. The van der Waals surface area contributed by atoms with Crippen LogP contribution in [0.25, 0.3) is 0 Å². The summed E-state index contributed by atoms with van der Waals surface area (Å²) in [6.07, 6.45) is 1.27. The maximum absolute atomic E-state index is 13.9. The van der Waals surface area contributed by atoms with Gasteiger partial charge in [-0.15, -0.1) is 0 Å². The van der Waals surface area contributed by atoms with Crippen molar-refractivity contribution >= 4 is 11.8 Å². The topological polar surface area (TPSA) is 104 Å². The number of allylic oxidation sites excluding steroid dienone is 1. The van der Waals surface area contributed by atoms with E-state index in [1.54, 1.807) is 19.1 Å². The van der Waals surface area contributed by atoms with Gasteiger partial charge in [0.25, 0.3) is 0 Å². The Bertz CT molecular complexity index is 810. The van der Waals surface area contributed by atoms with Gasteiger partial charge in [-0.3, -0.25) is 9.59 Å². The highest BCUT2D eigenvalue weighted by Gasteiger charge is 2.75. The first kappa shape index (κ1) is 19.8. The minimum absolute atomic E-state index is 0.0113. The molecule has 0 unspecified atom stereocenters. The Hall–Kier alpha value is -1.50. The van der Waals surface area contributed by atoms with E-state index in [1.807, 2.05) is 6.92 Å². The van der Waals surface area contributed by atoms with Crippen LogP contribution in [0, 0.1) is 34.5 Å². The van der Waals surface area contributed by atoms with Gasteiger partial charge < -0.3 is 20.1 Å². The standard InChI is InChI=1S/C22H30O6/c1-10-8-21-11(2)6-15-16(20(15,4)5)14(19(21)26)7-13(9-28-12(3)23)18(25)22(21,27)17(10)24/h7-8,11,14-18,24-25,27H,6,9H2,1-5H3/t11-,14+,15-,16+,17+,18-,21+,22-/m1/s1. The molecule has 0 saturated heterocycles. The summed E-state index contributed by atoms with van der Waals surface area (Å²) >= 11 is 0. The Labute approximate surface area is 165 Å². The van der Waals surface area contributed by atoms with Gasteiger partial charge in [-0.25, -0.2) is 0 Å². The number of esters is 1. The second-order valence-corrected chi connectivity index (χ2v) is 9.89. The summed E-state index contributed by atoms with van der Waals surface area (Å²) in [5.41, 5.74) is -2.67. The average Bonchev–Trinajstić information content (AvgIpc) is 3.11. The molecule has 0 aromatic rings. The fourth-order valence-corrected chi connectivity index (χ4v) is 6.60. The van der Waals surface area contributed by atoms with Crippen LogP contribution in [0.1, 0.15) is 41.0 Å². The average molecular weight is 390 g/mol. The quantitative estimate of drug-likeness (QED) is 0.486. The zero-order valence-corrected chi connectivity index (χ0v) is 17.1. The third kappa shape index (κ3) is 2.14. The van der Waals surface area contributed by atoms with Crippen LogP contribution < -0.4 is 0 Å². The van der Waals surface area contributed by atoms with Gasteiger partial charge >= 0.3 is 5.97 Å². The molecule has 28 heavy (non-hydrogen) atoms. The first-order valence-corrected chi connectivity index (χ1v) is 10.1.